The van der Waals surface area contributed by atoms with Gasteiger partial charge < -0.3 is 15.0 Å². The van der Waals surface area contributed by atoms with Crippen LogP contribution in [0.15, 0.2) is 30.3 Å². The van der Waals surface area contributed by atoms with Gasteiger partial charge in [0, 0.05) is 51.7 Å². The van der Waals surface area contributed by atoms with Crippen molar-refractivity contribution in [2.75, 3.05) is 45.9 Å². The Morgan fingerprint density at radius 2 is 1.83 bits per heavy atom. The van der Waals surface area contributed by atoms with Gasteiger partial charge in [0.15, 0.2) is 0 Å². The number of nitrogens with one attached hydrogen (secondary N) is 1. The van der Waals surface area contributed by atoms with E-state index in [1.165, 1.54) is 5.56 Å². The molecular formula is C17H27Cl2N3O2. The molecular weight excluding hydrogens is 349 g/mol. The van der Waals surface area contributed by atoms with Crippen LogP contribution in [-0.2, 0) is 16.1 Å². The SMILES string of the molecule is Cl.Cl.O=C(CC1COCCN1)N1CCN(Cc2ccccc2)CC1. The van der Waals surface area contributed by atoms with Gasteiger partial charge in [-0.2, -0.15) is 0 Å². The zero-order chi connectivity index (χ0) is 15.2. The average molecular weight is 376 g/mol. The Morgan fingerprint density at radius 1 is 1.12 bits per heavy atom. The van der Waals surface area contributed by atoms with E-state index in [4.69, 9.17) is 4.74 Å². The third-order valence-electron chi connectivity index (χ3n) is 4.39. The number of hydrogen-bond acceptors (Lipinski definition) is 4. The molecule has 0 saturated carbocycles. The van der Waals surface area contributed by atoms with Crippen LogP contribution < -0.4 is 5.32 Å². The lowest BCUT2D eigenvalue weighted by atomic mass is 10.1. The number of carbonyl (C=O) groups is 1. The van der Waals surface area contributed by atoms with Gasteiger partial charge >= 0.3 is 0 Å². The third kappa shape index (κ3) is 6.22. The summed E-state index contributed by atoms with van der Waals surface area (Å²) in [5.74, 6) is 0.252. The standard InChI is InChI=1S/C17H25N3O2.2ClH/c21-17(12-16-14-22-11-6-18-16)20-9-7-19(8-10-20)13-15-4-2-1-3-5-15;;/h1-5,16,18H,6-14H2;2*1H. The molecule has 0 spiro atoms. The monoisotopic (exact) mass is 375 g/mol. The summed E-state index contributed by atoms with van der Waals surface area (Å²) in [6, 6.07) is 10.7. The molecule has 0 radical (unpaired) electrons. The van der Waals surface area contributed by atoms with Gasteiger partial charge in [0.25, 0.3) is 0 Å². The maximum Gasteiger partial charge on any atom is 0.224 e. The molecule has 7 heteroatoms. The number of amides is 1. The summed E-state index contributed by atoms with van der Waals surface area (Å²) in [6.07, 6.45) is 0.554. The Morgan fingerprint density at radius 3 is 2.46 bits per heavy atom. The van der Waals surface area contributed by atoms with Gasteiger partial charge in [0.1, 0.15) is 0 Å². The molecule has 24 heavy (non-hydrogen) atoms. The molecule has 1 N–H and O–H groups in total. The first-order valence-electron chi connectivity index (χ1n) is 8.16. The van der Waals surface area contributed by atoms with E-state index in [2.05, 4.69) is 34.5 Å². The number of hydrogen-bond donors (Lipinski definition) is 1. The number of piperazine rings is 1. The first-order valence-corrected chi connectivity index (χ1v) is 8.16. The first kappa shape index (κ1) is 21.2. The van der Waals surface area contributed by atoms with Crippen molar-refractivity contribution in [2.24, 2.45) is 0 Å². The summed E-state index contributed by atoms with van der Waals surface area (Å²) in [6.45, 7) is 6.80. The van der Waals surface area contributed by atoms with E-state index in [1.54, 1.807) is 0 Å². The fourth-order valence-electron chi connectivity index (χ4n) is 3.09. The Bertz CT molecular complexity index is 476. The number of rotatable bonds is 4. The summed E-state index contributed by atoms with van der Waals surface area (Å²) in [4.78, 5) is 16.8. The van der Waals surface area contributed by atoms with Gasteiger partial charge in [-0.05, 0) is 5.56 Å². The van der Waals surface area contributed by atoms with E-state index in [-0.39, 0.29) is 36.8 Å². The Balaban J connectivity index is 0.00000144. The number of nitrogens with zero attached hydrogens (tertiary/aromatic N) is 2. The lowest BCUT2D eigenvalue weighted by Gasteiger charge is -2.35. The topological polar surface area (TPSA) is 44.8 Å². The van der Waals surface area contributed by atoms with E-state index in [1.807, 2.05) is 11.0 Å². The Kier molecular flexibility index (Phi) is 9.63. The van der Waals surface area contributed by atoms with Crippen LogP contribution in [-0.4, -0.2) is 67.7 Å². The normalized spacial score (nSPS) is 21.5. The number of morpholine rings is 1. The summed E-state index contributed by atoms with van der Waals surface area (Å²) >= 11 is 0. The van der Waals surface area contributed by atoms with Crippen LogP contribution in [0.3, 0.4) is 0 Å². The maximum absolute atomic E-state index is 12.3. The van der Waals surface area contributed by atoms with Crippen molar-refractivity contribution >= 4 is 30.7 Å². The Labute approximate surface area is 156 Å². The van der Waals surface area contributed by atoms with Crippen LogP contribution >= 0.6 is 24.8 Å². The fourth-order valence-corrected chi connectivity index (χ4v) is 3.09. The van der Waals surface area contributed by atoms with Crippen molar-refractivity contribution in [2.45, 2.75) is 19.0 Å². The molecule has 2 fully saturated rings. The molecule has 0 aliphatic carbocycles. The van der Waals surface area contributed by atoms with Crippen LogP contribution in [0.5, 0.6) is 0 Å². The highest BCUT2D eigenvalue weighted by atomic mass is 35.5. The smallest absolute Gasteiger partial charge is 0.224 e. The van der Waals surface area contributed by atoms with E-state index >= 15 is 0 Å². The van der Waals surface area contributed by atoms with Crippen LogP contribution in [0.1, 0.15) is 12.0 Å². The molecule has 2 heterocycles. The maximum atomic E-state index is 12.3. The minimum Gasteiger partial charge on any atom is -0.378 e. The molecule has 1 unspecified atom stereocenters. The second-order valence-corrected chi connectivity index (χ2v) is 6.07. The van der Waals surface area contributed by atoms with Gasteiger partial charge in [-0.15, -0.1) is 24.8 Å². The molecule has 1 aromatic rings. The molecule has 136 valence electrons. The second kappa shape index (κ2) is 10.9. The minimum absolute atomic E-state index is 0. The molecule has 1 atom stereocenters. The lowest BCUT2D eigenvalue weighted by molar-refractivity contribution is -0.134. The third-order valence-corrected chi connectivity index (χ3v) is 4.39. The summed E-state index contributed by atoms with van der Waals surface area (Å²) < 4.78 is 5.41. The van der Waals surface area contributed by atoms with Crippen molar-refractivity contribution in [1.82, 2.24) is 15.1 Å². The fraction of sp³-hybridized carbons (Fsp3) is 0.588. The molecule has 2 saturated heterocycles. The van der Waals surface area contributed by atoms with E-state index in [9.17, 15) is 4.79 Å². The summed E-state index contributed by atoms with van der Waals surface area (Å²) in [5, 5.41) is 3.35. The molecule has 2 aliphatic rings. The second-order valence-electron chi connectivity index (χ2n) is 6.07. The molecule has 2 aliphatic heterocycles. The van der Waals surface area contributed by atoms with Crippen LogP contribution in [0.2, 0.25) is 0 Å². The molecule has 3 rings (SSSR count). The molecule has 0 bridgehead atoms. The van der Waals surface area contributed by atoms with Crippen molar-refractivity contribution in [3.8, 4) is 0 Å². The number of carbonyl (C=O) groups excluding carboxylic acids is 1. The molecule has 5 nitrogen and oxygen atoms in total. The van der Waals surface area contributed by atoms with Crippen molar-refractivity contribution < 1.29 is 9.53 Å². The quantitative estimate of drug-likeness (QED) is 0.866. The highest BCUT2D eigenvalue weighted by molar-refractivity contribution is 5.85. The Hall–Kier alpha value is -0.850. The van der Waals surface area contributed by atoms with Gasteiger partial charge in [-0.3, -0.25) is 9.69 Å². The van der Waals surface area contributed by atoms with Crippen LogP contribution in [0, 0.1) is 0 Å². The predicted octanol–water partition coefficient (Wildman–Crippen LogP) is 1.55. The predicted molar refractivity (Wildman–Crippen MR) is 100 cm³/mol. The van der Waals surface area contributed by atoms with Crippen LogP contribution in [0.4, 0.5) is 0 Å². The first-order chi connectivity index (χ1) is 10.8. The number of benzene rings is 1. The van der Waals surface area contributed by atoms with Crippen molar-refractivity contribution in [1.29, 1.82) is 0 Å². The molecule has 1 aromatic carbocycles. The average Bonchev–Trinajstić information content (AvgIpc) is 2.57. The van der Waals surface area contributed by atoms with Gasteiger partial charge in [0.2, 0.25) is 5.91 Å². The summed E-state index contributed by atoms with van der Waals surface area (Å²) in [5.41, 5.74) is 1.34. The minimum atomic E-state index is 0. The van der Waals surface area contributed by atoms with Gasteiger partial charge in [-0.1, -0.05) is 30.3 Å². The molecule has 0 aromatic heterocycles. The van der Waals surface area contributed by atoms with Crippen molar-refractivity contribution in [3.05, 3.63) is 35.9 Å². The van der Waals surface area contributed by atoms with Crippen LogP contribution in [0.25, 0.3) is 0 Å². The van der Waals surface area contributed by atoms with E-state index in [0.717, 1.165) is 45.9 Å². The number of halogens is 2. The van der Waals surface area contributed by atoms with Gasteiger partial charge in [0.05, 0.1) is 13.2 Å². The zero-order valence-corrected chi connectivity index (χ0v) is 15.5. The van der Waals surface area contributed by atoms with Crippen molar-refractivity contribution in [3.63, 3.8) is 0 Å². The summed E-state index contributed by atoms with van der Waals surface area (Å²) in [7, 11) is 0. The van der Waals surface area contributed by atoms with Gasteiger partial charge in [-0.25, -0.2) is 0 Å². The molecule has 1 amide bonds. The lowest BCUT2D eigenvalue weighted by Crippen LogP contribution is -2.51. The zero-order valence-electron chi connectivity index (χ0n) is 13.9. The number of ether oxygens (including phenoxy) is 1. The van der Waals surface area contributed by atoms with E-state index < -0.39 is 0 Å². The highest BCUT2D eigenvalue weighted by Crippen LogP contribution is 2.10. The van der Waals surface area contributed by atoms with E-state index in [0.29, 0.717) is 13.0 Å². The largest absolute Gasteiger partial charge is 0.378 e. The highest BCUT2D eigenvalue weighted by Gasteiger charge is 2.24.